The van der Waals surface area contributed by atoms with E-state index in [1.807, 2.05) is 0 Å². The van der Waals surface area contributed by atoms with E-state index in [1.54, 1.807) is 48.2 Å². The van der Waals surface area contributed by atoms with Crippen molar-refractivity contribution in [2.24, 2.45) is 17.8 Å². The molecule has 12 heteroatoms. The van der Waals surface area contributed by atoms with Gasteiger partial charge in [-0.25, -0.2) is 8.42 Å². The maximum absolute atomic E-state index is 12.9. The summed E-state index contributed by atoms with van der Waals surface area (Å²) in [4.78, 5) is 40.7. The second kappa shape index (κ2) is 11.6. The zero-order valence-electron chi connectivity index (χ0n) is 21.5. The first kappa shape index (κ1) is 29.6. The summed E-state index contributed by atoms with van der Waals surface area (Å²) in [5, 5.41) is 22.1. The van der Waals surface area contributed by atoms with Gasteiger partial charge >= 0.3 is 51.4 Å². The van der Waals surface area contributed by atoms with Crippen LogP contribution in [0.3, 0.4) is 0 Å². The maximum atomic E-state index is 12.9. The molecule has 5 rings (SSSR count). The topological polar surface area (TPSA) is 138 Å². The number of benzene rings is 1. The SMILES string of the molecule is C[C@@H](O)[C@H]1C(=O)N2C(C(=O)[O-])=C3[C@@H](/C=C/C(=O)N4CCN(S(=O)(=O)c5ccccc5)CC4)CCC[C@@H]3[C@H]12.[K+]. The predicted molar refractivity (Wildman–Crippen MR) is 130 cm³/mol. The molecule has 0 aromatic heterocycles. The van der Waals surface area contributed by atoms with E-state index in [9.17, 15) is 33.0 Å². The Morgan fingerprint density at radius 1 is 1.11 bits per heavy atom. The van der Waals surface area contributed by atoms with E-state index in [0.29, 0.717) is 18.4 Å². The van der Waals surface area contributed by atoms with Crippen molar-refractivity contribution in [1.82, 2.24) is 14.1 Å². The van der Waals surface area contributed by atoms with Gasteiger partial charge in [0.25, 0.3) is 0 Å². The molecule has 1 aromatic rings. The molecule has 3 aliphatic heterocycles. The normalized spacial score (nSPS) is 28.4. The van der Waals surface area contributed by atoms with Crippen molar-refractivity contribution in [3.8, 4) is 0 Å². The van der Waals surface area contributed by atoms with Crippen molar-refractivity contribution in [2.75, 3.05) is 26.2 Å². The first-order valence-electron chi connectivity index (χ1n) is 12.6. The third-order valence-corrected chi connectivity index (χ3v) is 9.97. The quantitative estimate of drug-likeness (QED) is 0.216. The van der Waals surface area contributed by atoms with Crippen molar-refractivity contribution in [1.29, 1.82) is 0 Å². The number of aliphatic hydroxyl groups is 1. The third kappa shape index (κ3) is 5.10. The predicted octanol–water partition coefficient (Wildman–Crippen LogP) is -3.28. The largest absolute Gasteiger partial charge is 1.00 e. The zero-order valence-corrected chi connectivity index (χ0v) is 25.5. The molecule has 3 heterocycles. The fourth-order valence-electron chi connectivity index (χ4n) is 6.31. The van der Waals surface area contributed by atoms with Gasteiger partial charge in [0.05, 0.1) is 34.6 Å². The summed E-state index contributed by atoms with van der Waals surface area (Å²) in [5.74, 6) is -3.23. The number of allylic oxidation sites excluding steroid dienone is 1. The molecule has 0 radical (unpaired) electrons. The molecular formula is C26H30KN3O7S. The number of aliphatic hydroxyl groups excluding tert-OH is 1. The number of aliphatic carboxylic acids is 1. The van der Waals surface area contributed by atoms with Gasteiger partial charge < -0.3 is 24.8 Å². The summed E-state index contributed by atoms with van der Waals surface area (Å²) in [6.45, 7) is 2.40. The monoisotopic (exact) mass is 567 g/mol. The van der Waals surface area contributed by atoms with Crippen LogP contribution in [0.1, 0.15) is 26.2 Å². The second-order valence-electron chi connectivity index (χ2n) is 10.1. The summed E-state index contributed by atoms with van der Waals surface area (Å²) >= 11 is 0. The molecule has 0 bridgehead atoms. The fraction of sp³-hybridized carbons (Fsp3) is 0.500. The minimum atomic E-state index is -3.62. The van der Waals surface area contributed by atoms with E-state index >= 15 is 0 Å². The number of hydrogen-bond donors (Lipinski definition) is 1. The molecule has 4 aliphatic rings. The van der Waals surface area contributed by atoms with Crippen LogP contribution in [0, 0.1) is 17.8 Å². The molecule has 1 aliphatic carbocycles. The average molecular weight is 568 g/mol. The second-order valence-corrected chi connectivity index (χ2v) is 12.0. The molecule has 2 saturated heterocycles. The molecule has 1 N–H and O–H groups in total. The number of nitrogens with zero attached hydrogens (tertiary/aromatic N) is 3. The van der Waals surface area contributed by atoms with E-state index in [0.717, 1.165) is 6.42 Å². The molecule has 198 valence electrons. The van der Waals surface area contributed by atoms with Crippen LogP contribution in [0.25, 0.3) is 0 Å². The Morgan fingerprint density at radius 3 is 2.37 bits per heavy atom. The number of hydrogen-bond acceptors (Lipinski definition) is 7. The van der Waals surface area contributed by atoms with Crippen LogP contribution in [0.5, 0.6) is 0 Å². The number of fused-ring (bicyclic) bond motifs is 3. The van der Waals surface area contributed by atoms with Crippen molar-refractivity contribution in [3.05, 3.63) is 53.8 Å². The zero-order chi connectivity index (χ0) is 26.5. The Morgan fingerprint density at radius 2 is 1.76 bits per heavy atom. The number of carbonyl (C=O) groups is 3. The van der Waals surface area contributed by atoms with Crippen LogP contribution in [0.15, 0.2) is 58.6 Å². The molecule has 1 saturated carbocycles. The summed E-state index contributed by atoms with van der Waals surface area (Å²) in [5.41, 5.74) is 0.494. The van der Waals surface area contributed by atoms with Crippen molar-refractivity contribution in [3.63, 3.8) is 0 Å². The van der Waals surface area contributed by atoms with Crippen LogP contribution >= 0.6 is 0 Å². The van der Waals surface area contributed by atoms with Crippen LogP contribution in [-0.2, 0) is 24.4 Å². The van der Waals surface area contributed by atoms with Crippen LogP contribution in [0.4, 0.5) is 0 Å². The van der Waals surface area contributed by atoms with Gasteiger partial charge in [-0.2, -0.15) is 4.31 Å². The summed E-state index contributed by atoms with van der Waals surface area (Å²) in [6, 6.07) is 7.79. The molecule has 0 unspecified atom stereocenters. The average Bonchev–Trinajstić information content (AvgIpc) is 3.19. The maximum Gasteiger partial charge on any atom is 1.00 e. The Hall–Kier alpha value is -1.38. The number of piperazine rings is 1. The van der Waals surface area contributed by atoms with Crippen molar-refractivity contribution >= 4 is 27.8 Å². The van der Waals surface area contributed by atoms with Crippen LogP contribution in [0.2, 0.25) is 0 Å². The molecule has 3 fully saturated rings. The van der Waals surface area contributed by atoms with Crippen molar-refractivity contribution < 1.29 is 84.4 Å². The number of carboxylic acid groups (broad SMARTS) is 1. The van der Waals surface area contributed by atoms with Gasteiger partial charge in [-0.15, -0.1) is 0 Å². The summed E-state index contributed by atoms with van der Waals surface area (Å²) in [7, 11) is -3.62. The van der Waals surface area contributed by atoms with E-state index in [-0.39, 0.29) is 112 Å². The fourth-order valence-corrected chi connectivity index (χ4v) is 7.76. The first-order valence-corrected chi connectivity index (χ1v) is 14.1. The van der Waals surface area contributed by atoms with Crippen LogP contribution < -0.4 is 56.5 Å². The minimum absolute atomic E-state index is 0. The van der Waals surface area contributed by atoms with Crippen LogP contribution in [-0.4, -0.2) is 83.7 Å². The number of amides is 2. The number of carbonyl (C=O) groups excluding carboxylic acids is 3. The molecule has 10 nitrogen and oxygen atoms in total. The number of carboxylic acids is 1. The molecule has 2 amide bonds. The summed E-state index contributed by atoms with van der Waals surface area (Å²) in [6.07, 6.45) is 4.41. The standard InChI is InChI=1S/C26H31N3O7S.K/c1-16(30)21-23-19-9-5-6-17(22(19)24(26(33)34)29(23)25(21)32)10-11-20(31)27-12-14-28(15-13-27)37(35,36)18-7-3-2-4-8-18;/h2-4,7-8,10-11,16-17,19,21,23,30H,5-6,9,12-15H2,1H3,(H,33,34);/q;+1/p-1/b11-10+;/t16-,17-,19+,21-,23-;/m1./s1. The number of β-lactam (4-membered cyclic amide) rings is 1. The third-order valence-electron chi connectivity index (χ3n) is 8.06. The molecule has 1 aromatic carbocycles. The minimum Gasteiger partial charge on any atom is -0.543 e. The van der Waals surface area contributed by atoms with E-state index < -0.39 is 33.9 Å². The van der Waals surface area contributed by atoms with Gasteiger partial charge in [0.2, 0.25) is 21.8 Å². The van der Waals surface area contributed by atoms with E-state index in [4.69, 9.17) is 0 Å². The van der Waals surface area contributed by atoms with E-state index in [1.165, 1.54) is 15.3 Å². The number of rotatable bonds is 6. The van der Waals surface area contributed by atoms with Crippen molar-refractivity contribution in [2.45, 2.75) is 43.2 Å². The van der Waals surface area contributed by atoms with Gasteiger partial charge in [0.1, 0.15) is 0 Å². The Labute approximate surface area is 264 Å². The van der Waals surface area contributed by atoms with Gasteiger partial charge in [0.15, 0.2) is 0 Å². The molecule has 38 heavy (non-hydrogen) atoms. The molecule has 0 spiro atoms. The van der Waals surface area contributed by atoms with Gasteiger partial charge in [-0.3, -0.25) is 9.59 Å². The molecular weight excluding hydrogens is 537 g/mol. The number of sulfonamides is 1. The van der Waals surface area contributed by atoms with Gasteiger partial charge in [-0.05, 0) is 43.5 Å². The Balaban J connectivity index is 0.00000336. The Bertz CT molecular complexity index is 1270. The van der Waals surface area contributed by atoms with Gasteiger partial charge in [-0.1, -0.05) is 30.7 Å². The first-order chi connectivity index (χ1) is 17.6. The molecule has 5 atom stereocenters. The summed E-state index contributed by atoms with van der Waals surface area (Å²) < 4.78 is 27.1. The van der Waals surface area contributed by atoms with E-state index in [2.05, 4.69) is 0 Å². The van der Waals surface area contributed by atoms with Gasteiger partial charge in [0, 0.05) is 38.0 Å². The smallest absolute Gasteiger partial charge is 0.543 e. The Kier molecular flexibility index (Phi) is 9.05.